The van der Waals surface area contributed by atoms with Crippen LogP contribution in [0.15, 0.2) is 12.3 Å². The van der Waals surface area contributed by atoms with Crippen molar-refractivity contribution in [1.29, 1.82) is 0 Å². The Morgan fingerprint density at radius 3 is 2.73 bits per heavy atom. The van der Waals surface area contributed by atoms with Crippen molar-refractivity contribution < 1.29 is 18.7 Å². The predicted molar refractivity (Wildman–Crippen MR) is 48.4 cm³/mol. The summed E-state index contributed by atoms with van der Waals surface area (Å²) in [5.74, 6) is -1.17. The van der Waals surface area contributed by atoms with E-state index in [-0.39, 0.29) is 17.7 Å². The molecule has 1 aromatic rings. The Hall–Kier alpha value is -1.56. The van der Waals surface area contributed by atoms with Gasteiger partial charge in [-0.15, -0.1) is 0 Å². The van der Waals surface area contributed by atoms with Gasteiger partial charge in [0.1, 0.15) is 0 Å². The first kappa shape index (κ1) is 11.5. The molecule has 0 radical (unpaired) electrons. The van der Waals surface area contributed by atoms with Gasteiger partial charge in [-0.25, -0.2) is 8.78 Å². The van der Waals surface area contributed by atoms with E-state index in [0.29, 0.717) is 5.69 Å². The minimum absolute atomic E-state index is 0.0229. The lowest BCUT2D eigenvalue weighted by Crippen LogP contribution is -2.08. The summed E-state index contributed by atoms with van der Waals surface area (Å²) < 4.78 is 25.1. The van der Waals surface area contributed by atoms with Gasteiger partial charge < -0.3 is 10.8 Å². The van der Waals surface area contributed by atoms with Crippen LogP contribution in [0.2, 0.25) is 0 Å². The third kappa shape index (κ3) is 2.95. The van der Waals surface area contributed by atoms with Gasteiger partial charge in [0, 0.05) is 18.3 Å². The van der Waals surface area contributed by atoms with Crippen LogP contribution in [0.4, 0.5) is 8.78 Å². The van der Waals surface area contributed by atoms with E-state index in [1.807, 2.05) is 0 Å². The average Bonchev–Trinajstić information content (AvgIpc) is 2.17. The fourth-order valence-electron chi connectivity index (χ4n) is 1.17. The summed E-state index contributed by atoms with van der Waals surface area (Å²) in [6.45, 7) is 0.0487. The van der Waals surface area contributed by atoms with E-state index in [4.69, 9.17) is 10.8 Å². The van der Waals surface area contributed by atoms with Gasteiger partial charge in [-0.2, -0.15) is 0 Å². The second kappa shape index (κ2) is 4.79. The highest BCUT2D eigenvalue weighted by Gasteiger charge is 2.16. The molecule has 82 valence electrons. The van der Waals surface area contributed by atoms with Crippen LogP contribution in [-0.4, -0.2) is 16.1 Å². The molecule has 0 saturated carbocycles. The number of carboxylic acid groups (broad SMARTS) is 1. The average molecular weight is 216 g/mol. The Balaban J connectivity index is 3.09. The Labute approximate surface area is 84.7 Å². The summed E-state index contributed by atoms with van der Waals surface area (Å²) in [7, 11) is 0. The molecular weight excluding hydrogens is 206 g/mol. The number of hydrogen-bond donors (Lipinski definition) is 2. The highest BCUT2D eigenvalue weighted by molar-refractivity contribution is 5.70. The van der Waals surface area contributed by atoms with Crippen LogP contribution < -0.4 is 5.73 Å². The smallest absolute Gasteiger partial charge is 0.307 e. The molecule has 0 aliphatic rings. The first-order valence-corrected chi connectivity index (χ1v) is 4.22. The van der Waals surface area contributed by atoms with Crippen molar-refractivity contribution in [2.45, 2.75) is 19.4 Å². The summed E-state index contributed by atoms with van der Waals surface area (Å²) in [6, 6.07) is 1.14. The van der Waals surface area contributed by atoms with Crippen molar-refractivity contribution in [2.24, 2.45) is 5.73 Å². The molecule has 0 fully saturated rings. The molecule has 6 heteroatoms. The number of nitrogens with zero attached hydrogens (tertiary/aromatic N) is 1. The zero-order valence-electron chi connectivity index (χ0n) is 7.78. The summed E-state index contributed by atoms with van der Waals surface area (Å²) in [4.78, 5) is 14.2. The summed E-state index contributed by atoms with van der Waals surface area (Å²) >= 11 is 0. The maximum Gasteiger partial charge on any atom is 0.307 e. The molecule has 15 heavy (non-hydrogen) atoms. The normalized spacial score (nSPS) is 10.7. The number of rotatable bonds is 4. The number of halogens is 2. The van der Waals surface area contributed by atoms with Gasteiger partial charge in [-0.3, -0.25) is 9.78 Å². The molecule has 0 unspecified atom stereocenters. The summed E-state index contributed by atoms with van der Waals surface area (Å²) in [6.07, 6.45) is -2.04. The highest BCUT2D eigenvalue weighted by Crippen LogP contribution is 2.23. The van der Waals surface area contributed by atoms with Gasteiger partial charge in [0.05, 0.1) is 12.1 Å². The van der Waals surface area contributed by atoms with E-state index < -0.39 is 18.8 Å². The number of aliphatic carboxylic acids is 1. The first-order chi connectivity index (χ1) is 7.04. The molecule has 0 aliphatic heterocycles. The zero-order valence-corrected chi connectivity index (χ0v) is 7.78. The lowest BCUT2D eigenvalue weighted by molar-refractivity contribution is -0.136. The molecule has 1 rings (SSSR count). The fourth-order valence-corrected chi connectivity index (χ4v) is 1.17. The maximum absolute atomic E-state index is 12.5. The van der Waals surface area contributed by atoms with E-state index in [9.17, 15) is 13.6 Å². The van der Waals surface area contributed by atoms with E-state index in [0.717, 1.165) is 12.3 Å². The van der Waals surface area contributed by atoms with Gasteiger partial charge in [-0.1, -0.05) is 0 Å². The quantitative estimate of drug-likeness (QED) is 0.790. The molecule has 0 spiro atoms. The number of hydrogen-bond acceptors (Lipinski definition) is 3. The number of pyridine rings is 1. The van der Waals surface area contributed by atoms with Crippen LogP contribution in [0, 0.1) is 0 Å². The van der Waals surface area contributed by atoms with Crippen LogP contribution in [-0.2, 0) is 17.8 Å². The van der Waals surface area contributed by atoms with Crippen molar-refractivity contribution in [1.82, 2.24) is 4.98 Å². The Kier molecular flexibility index (Phi) is 3.68. The van der Waals surface area contributed by atoms with Crippen molar-refractivity contribution in [3.63, 3.8) is 0 Å². The van der Waals surface area contributed by atoms with Gasteiger partial charge >= 0.3 is 5.97 Å². The SMILES string of the molecule is NCc1cc(C(F)F)c(CC(=O)O)cn1. The maximum atomic E-state index is 12.5. The number of nitrogens with two attached hydrogens (primary N) is 1. The van der Waals surface area contributed by atoms with Crippen LogP contribution >= 0.6 is 0 Å². The monoisotopic (exact) mass is 216 g/mol. The van der Waals surface area contributed by atoms with Gasteiger partial charge in [0.2, 0.25) is 0 Å². The molecule has 0 saturated heterocycles. The molecule has 0 aromatic carbocycles. The number of carboxylic acids is 1. The molecule has 0 bridgehead atoms. The highest BCUT2D eigenvalue weighted by atomic mass is 19.3. The van der Waals surface area contributed by atoms with E-state index in [1.54, 1.807) is 0 Å². The van der Waals surface area contributed by atoms with Gasteiger partial charge in [-0.05, 0) is 11.6 Å². The Morgan fingerprint density at radius 2 is 2.27 bits per heavy atom. The van der Waals surface area contributed by atoms with E-state index in [1.165, 1.54) is 0 Å². The summed E-state index contributed by atoms with van der Waals surface area (Å²) in [5.41, 5.74) is 5.28. The number of carbonyl (C=O) groups is 1. The van der Waals surface area contributed by atoms with Gasteiger partial charge in [0.15, 0.2) is 0 Å². The van der Waals surface area contributed by atoms with Crippen molar-refractivity contribution in [2.75, 3.05) is 0 Å². The van der Waals surface area contributed by atoms with Gasteiger partial charge in [0.25, 0.3) is 6.43 Å². The standard InChI is InChI=1S/C9H10F2N2O2/c10-9(11)7-2-6(3-12)13-4-5(7)1-8(14)15/h2,4,9H,1,3,12H2,(H,14,15). The van der Waals surface area contributed by atoms with E-state index >= 15 is 0 Å². The number of aromatic nitrogens is 1. The minimum Gasteiger partial charge on any atom is -0.481 e. The van der Waals surface area contributed by atoms with Crippen molar-refractivity contribution in [3.05, 3.63) is 29.1 Å². The second-order valence-corrected chi connectivity index (χ2v) is 2.95. The molecule has 0 atom stereocenters. The predicted octanol–water partition coefficient (Wildman–Crippen LogP) is 1.10. The second-order valence-electron chi connectivity index (χ2n) is 2.95. The van der Waals surface area contributed by atoms with Crippen LogP contribution in [0.25, 0.3) is 0 Å². The number of alkyl halides is 2. The summed E-state index contributed by atoms with van der Waals surface area (Å²) in [5, 5.41) is 8.50. The third-order valence-corrected chi connectivity index (χ3v) is 1.87. The molecule has 0 amide bonds. The molecule has 3 N–H and O–H groups in total. The van der Waals surface area contributed by atoms with E-state index in [2.05, 4.69) is 4.98 Å². The minimum atomic E-state index is -2.72. The third-order valence-electron chi connectivity index (χ3n) is 1.87. The molecular formula is C9H10F2N2O2. The topological polar surface area (TPSA) is 76.2 Å². The molecule has 0 aliphatic carbocycles. The molecule has 1 heterocycles. The molecule has 4 nitrogen and oxygen atoms in total. The lowest BCUT2D eigenvalue weighted by Gasteiger charge is -2.07. The largest absolute Gasteiger partial charge is 0.481 e. The zero-order chi connectivity index (χ0) is 11.4. The Bertz CT molecular complexity index is 369. The fraction of sp³-hybridized carbons (Fsp3) is 0.333. The van der Waals surface area contributed by atoms with Crippen LogP contribution in [0.3, 0.4) is 0 Å². The van der Waals surface area contributed by atoms with Crippen LogP contribution in [0.1, 0.15) is 23.2 Å². The Morgan fingerprint density at radius 1 is 1.60 bits per heavy atom. The van der Waals surface area contributed by atoms with Crippen molar-refractivity contribution >= 4 is 5.97 Å². The lowest BCUT2D eigenvalue weighted by atomic mass is 10.1. The first-order valence-electron chi connectivity index (χ1n) is 4.22. The van der Waals surface area contributed by atoms with Crippen LogP contribution in [0.5, 0.6) is 0 Å². The molecule has 1 aromatic heterocycles. The van der Waals surface area contributed by atoms with Crippen molar-refractivity contribution in [3.8, 4) is 0 Å².